The van der Waals surface area contributed by atoms with Gasteiger partial charge >= 0.3 is 18.4 Å². The Morgan fingerprint density at radius 1 is 1.03 bits per heavy atom. The number of alkyl halides is 6. The van der Waals surface area contributed by atoms with Crippen LogP contribution in [-0.2, 0) is 25.3 Å². The molecule has 0 aliphatic heterocycles. The number of halogens is 6. The van der Waals surface area contributed by atoms with Gasteiger partial charge in [-0.25, -0.2) is 4.79 Å². The molecule has 0 atom stereocenters. The van der Waals surface area contributed by atoms with E-state index in [-0.39, 0.29) is 36.1 Å². The molecular formula is C20H21F6N3O2. The summed E-state index contributed by atoms with van der Waals surface area (Å²) in [6.07, 6.45) is -8.41. The van der Waals surface area contributed by atoms with Crippen LogP contribution in [0, 0.1) is 0 Å². The molecule has 1 heterocycles. The number of carbonyl (C=O) groups is 1. The molecule has 5 nitrogen and oxygen atoms in total. The van der Waals surface area contributed by atoms with Gasteiger partial charge < -0.3 is 15.4 Å². The predicted molar refractivity (Wildman–Crippen MR) is 100 cm³/mol. The maximum atomic E-state index is 13.3. The lowest BCUT2D eigenvalue weighted by molar-refractivity contribution is -0.138. The van der Waals surface area contributed by atoms with E-state index >= 15 is 0 Å². The number of urea groups is 1. The van der Waals surface area contributed by atoms with Gasteiger partial charge in [0.25, 0.3) is 0 Å². The van der Waals surface area contributed by atoms with E-state index in [9.17, 15) is 31.1 Å². The molecule has 0 aliphatic rings. The minimum absolute atomic E-state index is 0.0202. The fourth-order valence-corrected chi connectivity index (χ4v) is 2.65. The number of carbonyl (C=O) groups excluding carboxylic acids is 1. The summed E-state index contributed by atoms with van der Waals surface area (Å²) in [4.78, 5) is 15.7. The Morgan fingerprint density at radius 2 is 1.74 bits per heavy atom. The van der Waals surface area contributed by atoms with Gasteiger partial charge in [-0.05, 0) is 43.7 Å². The SMILES string of the molecule is CC(C)Oc1ccc(CNC(=O)NCCc2cc(C(F)(F)F)ccn2)c(C(F)(F)F)c1. The molecule has 0 unspecified atom stereocenters. The first-order valence-corrected chi connectivity index (χ1v) is 9.27. The Balaban J connectivity index is 1.92. The van der Waals surface area contributed by atoms with E-state index in [1.165, 1.54) is 12.1 Å². The van der Waals surface area contributed by atoms with Gasteiger partial charge in [0, 0.05) is 31.4 Å². The lowest BCUT2D eigenvalue weighted by Crippen LogP contribution is -2.36. The molecule has 1 aromatic heterocycles. The second kappa shape index (κ2) is 9.88. The average molecular weight is 449 g/mol. The molecule has 2 amide bonds. The van der Waals surface area contributed by atoms with Crippen molar-refractivity contribution >= 4 is 6.03 Å². The van der Waals surface area contributed by atoms with Crippen molar-refractivity contribution in [2.75, 3.05) is 6.54 Å². The Hall–Kier alpha value is -2.98. The monoisotopic (exact) mass is 449 g/mol. The number of amides is 2. The molecule has 11 heteroatoms. The molecule has 0 bridgehead atoms. The molecule has 0 aliphatic carbocycles. The van der Waals surface area contributed by atoms with Gasteiger partial charge in [0.05, 0.1) is 17.2 Å². The minimum atomic E-state index is -4.64. The first kappa shape index (κ1) is 24.3. The van der Waals surface area contributed by atoms with Gasteiger partial charge in [-0.1, -0.05) is 6.07 Å². The number of nitrogens with one attached hydrogen (secondary N) is 2. The van der Waals surface area contributed by atoms with E-state index in [0.29, 0.717) is 0 Å². The number of ether oxygens (including phenoxy) is 1. The van der Waals surface area contributed by atoms with Gasteiger partial charge in [-0.15, -0.1) is 0 Å². The first-order valence-electron chi connectivity index (χ1n) is 9.27. The second-order valence-corrected chi connectivity index (χ2v) is 6.88. The van der Waals surface area contributed by atoms with E-state index in [1.54, 1.807) is 13.8 Å². The molecule has 31 heavy (non-hydrogen) atoms. The van der Waals surface area contributed by atoms with Crippen LogP contribution >= 0.6 is 0 Å². The molecule has 170 valence electrons. The van der Waals surface area contributed by atoms with Crippen molar-refractivity contribution in [3.8, 4) is 5.75 Å². The fourth-order valence-electron chi connectivity index (χ4n) is 2.65. The number of aromatic nitrogens is 1. The van der Waals surface area contributed by atoms with Crippen LogP contribution < -0.4 is 15.4 Å². The van der Waals surface area contributed by atoms with Crippen molar-refractivity contribution in [3.63, 3.8) is 0 Å². The largest absolute Gasteiger partial charge is 0.491 e. The van der Waals surface area contributed by atoms with Crippen LogP contribution in [0.1, 0.15) is 36.2 Å². The molecule has 2 N–H and O–H groups in total. The fraction of sp³-hybridized carbons (Fsp3) is 0.400. The highest BCUT2D eigenvalue weighted by Gasteiger charge is 2.34. The maximum absolute atomic E-state index is 13.3. The van der Waals surface area contributed by atoms with E-state index in [4.69, 9.17) is 4.74 Å². The minimum Gasteiger partial charge on any atom is -0.491 e. The van der Waals surface area contributed by atoms with Crippen LogP contribution in [0.3, 0.4) is 0 Å². The third-order valence-electron chi connectivity index (χ3n) is 4.01. The van der Waals surface area contributed by atoms with Crippen molar-refractivity contribution in [2.45, 2.75) is 45.3 Å². The van der Waals surface area contributed by atoms with E-state index in [2.05, 4.69) is 15.6 Å². The molecular weight excluding hydrogens is 428 g/mol. The Kier molecular flexibility index (Phi) is 7.75. The van der Waals surface area contributed by atoms with Crippen molar-refractivity contribution in [2.24, 2.45) is 0 Å². The van der Waals surface area contributed by atoms with Crippen molar-refractivity contribution in [1.29, 1.82) is 0 Å². The van der Waals surface area contributed by atoms with Crippen LogP contribution in [0.4, 0.5) is 31.1 Å². The summed E-state index contributed by atoms with van der Waals surface area (Å²) in [5, 5.41) is 4.68. The third-order valence-corrected chi connectivity index (χ3v) is 4.01. The van der Waals surface area contributed by atoms with Crippen molar-refractivity contribution < 1.29 is 35.9 Å². The van der Waals surface area contributed by atoms with E-state index < -0.39 is 36.1 Å². The molecule has 0 spiro atoms. The summed E-state index contributed by atoms with van der Waals surface area (Å²) >= 11 is 0. The van der Waals surface area contributed by atoms with Crippen LogP contribution in [-0.4, -0.2) is 23.7 Å². The molecule has 2 rings (SSSR count). The Morgan fingerprint density at radius 3 is 2.35 bits per heavy atom. The zero-order valence-electron chi connectivity index (χ0n) is 16.7. The molecule has 0 saturated heterocycles. The molecule has 1 aromatic carbocycles. The number of hydrogen-bond donors (Lipinski definition) is 2. The van der Waals surface area contributed by atoms with Crippen LogP contribution in [0.5, 0.6) is 5.75 Å². The summed E-state index contributed by atoms with van der Waals surface area (Å²) in [6.45, 7) is 2.92. The van der Waals surface area contributed by atoms with Crippen LogP contribution in [0.2, 0.25) is 0 Å². The van der Waals surface area contributed by atoms with Crippen LogP contribution in [0.25, 0.3) is 0 Å². The smallest absolute Gasteiger partial charge is 0.416 e. The number of benzene rings is 1. The highest BCUT2D eigenvalue weighted by Crippen LogP contribution is 2.34. The predicted octanol–water partition coefficient (Wildman–Crippen LogP) is 4.95. The molecule has 0 fully saturated rings. The number of nitrogens with zero attached hydrogens (tertiary/aromatic N) is 1. The average Bonchev–Trinajstić information content (AvgIpc) is 2.65. The van der Waals surface area contributed by atoms with Crippen LogP contribution in [0.15, 0.2) is 36.5 Å². The summed E-state index contributed by atoms with van der Waals surface area (Å²) in [6, 6.07) is 4.41. The first-order chi connectivity index (χ1) is 14.4. The standard InChI is InChI=1S/C20H21F6N3O2/c1-12(2)31-16-4-3-13(17(10-16)20(24,25)26)11-29-18(30)28-8-6-15-9-14(5-7-27-15)19(21,22)23/h3-5,7,9-10,12H,6,8,11H2,1-2H3,(H2,28,29,30). The molecule has 0 radical (unpaired) electrons. The third kappa shape index (κ3) is 7.65. The van der Waals surface area contributed by atoms with Crippen molar-refractivity contribution in [1.82, 2.24) is 15.6 Å². The molecule has 2 aromatic rings. The Labute approximate surface area is 174 Å². The highest BCUT2D eigenvalue weighted by molar-refractivity contribution is 5.73. The van der Waals surface area contributed by atoms with Gasteiger partial charge in [-0.3, -0.25) is 4.98 Å². The normalized spacial score (nSPS) is 12.0. The van der Waals surface area contributed by atoms with E-state index in [1.807, 2.05) is 0 Å². The van der Waals surface area contributed by atoms with Gasteiger partial charge in [0.15, 0.2) is 0 Å². The maximum Gasteiger partial charge on any atom is 0.416 e. The van der Waals surface area contributed by atoms with E-state index in [0.717, 1.165) is 24.4 Å². The summed E-state index contributed by atoms with van der Waals surface area (Å²) < 4.78 is 83.3. The quantitative estimate of drug-likeness (QED) is 0.588. The van der Waals surface area contributed by atoms with Gasteiger partial charge in [0.1, 0.15) is 5.75 Å². The summed E-state index contributed by atoms with van der Waals surface area (Å²) in [5.41, 5.74) is -1.82. The second-order valence-electron chi connectivity index (χ2n) is 6.88. The highest BCUT2D eigenvalue weighted by atomic mass is 19.4. The van der Waals surface area contributed by atoms with Gasteiger partial charge in [0.2, 0.25) is 0 Å². The lowest BCUT2D eigenvalue weighted by atomic mass is 10.1. The Bertz CT molecular complexity index is 897. The van der Waals surface area contributed by atoms with Crippen molar-refractivity contribution in [3.05, 3.63) is 58.9 Å². The topological polar surface area (TPSA) is 63.2 Å². The summed E-state index contributed by atoms with van der Waals surface area (Å²) in [5.74, 6) is 0.0594. The zero-order valence-corrected chi connectivity index (χ0v) is 16.7. The zero-order chi connectivity index (χ0) is 23.2. The molecule has 0 saturated carbocycles. The number of pyridine rings is 1. The number of hydrogen-bond acceptors (Lipinski definition) is 3. The summed E-state index contributed by atoms with van der Waals surface area (Å²) in [7, 11) is 0. The number of rotatable bonds is 7. The lowest BCUT2D eigenvalue weighted by Gasteiger charge is -2.17. The van der Waals surface area contributed by atoms with Gasteiger partial charge in [-0.2, -0.15) is 26.3 Å².